The number of carboxylic acid groups (broad SMARTS) is 1. The minimum Gasteiger partial charge on any atom is -0.481 e. The van der Waals surface area contributed by atoms with Crippen molar-refractivity contribution in [1.29, 1.82) is 0 Å². The van der Waals surface area contributed by atoms with Crippen LogP contribution in [0, 0.1) is 11.8 Å². The molecule has 4 nitrogen and oxygen atoms in total. The van der Waals surface area contributed by atoms with E-state index in [9.17, 15) is 4.79 Å². The van der Waals surface area contributed by atoms with E-state index in [2.05, 4.69) is 4.90 Å². The molecule has 1 fully saturated rings. The smallest absolute Gasteiger partial charge is 0.307 e. The van der Waals surface area contributed by atoms with Gasteiger partial charge in [-0.1, -0.05) is 6.92 Å². The molecule has 1 rings (SSSR count). The Morgan fingerprint density at radius 1 is 1.56 bits per heavy atom. The van der Waals surface area contributed by atoms with E-state index >= 15 is 0 Å². The summed E-state index contributed by atoms with van der Waals surface area (Å²) in [5.74, 6) is -0.490. The molecule has 94 valence electrons. The predicted molar refractivity (Wildman–Crippen MR) is 62.4 cm³/mol. The fourth-order valence-corrected chi connectivity index (χ4v) is 2.11. The second-order valence-electron chi connectivity index (χ2n) is 4.89. The molecule has 0 spiro atoms. The van der Waals surface area contributed by atoms with Crippen LogP contribution >= 0.6 is 0 Å². The maximum absolute atomic E-state index is 10.9. The normalized spacial score (nSPS) is 25.4. The summed E-state index contributed by atoms with van der Waals surface area (Å²) in [7, 11) is 2.00. The van der Waals surface area contributed by atoms with Gasteiger partial charge in [0, 0.05) is 19.2 Å². The molecule has 1 saturated heterocycles. The molecule has 0 aromatic rings. The second-order valence-corrected chi connectivity index (χ2v) is 4.89. The topological polar surface area (TPSA) is 49.8 Å². The van der Waals surface area contributed by atoms with Gasteiger partial charge in [-0.25, -0.2) is 0 Å². The summed E-state index contributed by atoms with van der Waals surface area (Å²) in [5.41, 5.74) is 0. The molecule has 4 heteroatoms. The molecule has 1 heterocycles. The van der Waals surface area contributed by atoms with E-state index < -0.39 is 5.97 Å². The van der Waals surface area contributed by atoms with Crippen molar-refractivity contribution in [1.82, 2.24) is 4.90 Å². The van der Waals surface area contributed by atoms with Gasteiger partial charge in [0.05, 0.1) is 12.5 Å². The van der Waals surface area contributed by atoms with E-state index in [1.807, 2.05) is 14.0 Å². The van der Waals surface area contributed by atoms with Gasteiger partial charge in [0.1, 0.15) is 0 Å². The molecule has 0 aromatic heterocycles. The highest BCUT2D eigenvalue weighted by Crippen LogP contribution is 2.17. The number of rotatable bonds is 5. The molecular formula is C12H23NO3. The third-order valence-corrected chi connectivity index (χ3v) is 3.61. The Morgan fingerprint density at radius 2 is 2.25 bits per heavy atom. The monoisotopic (exact) mass is 229 g/mol. The van der Waals surface area contributed by atoms with Gasteiger partial charge in [0.25, 0.3) is 0 Å². The minimum absolute atomic E-state index is 0.0689. The van der Waals surface area contributed by atoms with E-state index in [4.69, 9.17) is 9.84 Å². The van der Waals surface area contributed by atoms with Crippen LogP contribution in [0.3, 0.4) is 0 Å². The summed E-state index contributed by atoms with van der Waals surface area (Å²) >= 11 is 0. The molecule has 1 aliphatic rings. The zero-order valence-corrected chi connectivity index (χ0v) is 10.5. The van der Waals surface area contributed by atoms with Gasteiger partial charge in [-0.05, 0) is 32.7 Å². The molecule has 0 bridgehead atoms. The van der Waals surface area contributed by atoms with Gasteiger partial charge in [0.2, 0.25) is 0 Å². The third kappa shape index (κ3) is 3.76. The van der Waals surface area contributed by atoms with Crippen LogP contribution in [-0.2, 0) is 9.53 Å². The standard InChI is InChI=1S/C12H23NO3/c1-9(12(14)15)10(2)13(3)7-11-5-4-6-16-8-11/h9-11H,4-8H2,1-3H3,(H,14,15). The molecule has 0 amide bonds. The number of hydrogen-bond acceptors (Lipinski definition) is 3. The first-order valence-corrected chi connectivity index (χ1v) is 6.03. The van der Waals surface area contributed by atoms with Crippen LogP contribution in [0.15, 0.2) is 0 Å². The molecule has 0 radical (unpaired) electrons. The summed E-state index contributed by atoms with van der Waals surface area (Å²) in [5, 5.41) is 8.96. The summed E-state index contributed by atoms with van der Waals surface area (Å²) in [6.07, 6.45) is 2.32. The largest absolute Gasteiger partial charge is 0.481 e. The maximum Gasteiger partial charge on any atom is 0.307 e. The summed E-state index contributed by atoms with van der Waals surface area (Å²) in [6.45, 7) is 6.36. The Hall–Kier alpha value is -0.610. The average Bonchev–Trinajstić information content (AvgIpc) is 2.28. The van der Waals surface area contributed by atoms with Crippen LogP contribution in [0.2, 0.25) is 0 Å². The highest BCUT2D eigenvalue weighted by atomic mass is 16.5. The van der Waals surface area contributed by atoms with Crippen LogP contribution in [0.25, 0.3) is 0 Å². The Balaban J connectivity index is 2.37. The lowest BCUT2D eigenvalue weighted by molar-refractivity contribution is -0.143. The number of aliphatic carboxylic acids is 1. The zero-order valence-electron chi connectivity index (χ0n) is 10.5. The fraction of sp³-hybridized carbons (Fsp3) is 0.917. The van der Waals surface area contributed by atoms with Crippen LogP contribution in [0.1, 0.15) is 26.7 Å². The van der Waals surface area contributed by atoms with Crippen LogP contribution < -0.4 is 0 Å². The van der Waals surface area contributed by atoms with Crippen LogP contribution in [0.5, 0.6) is 0 Å². The lowest BCUT2D eigenvalue weighted by Crippen LogP contribution is -2.41. The van der Waals surface area contributed by atoms with Crippen LogP contribution in [-0.4, -0.2) is 48.8 Å². The third-order valence-electron chi connectivity index (χ3n) is 3.61. The zero-order chi connectivity index (χ0) is 12.1. The summed E-state index contributed by atoms with van der Waals surface area (Å²) in [4.78, 5) is 13.0. The van der Waals surface area contributed by atoms with Crippen molar-refractivity contribution in [2.75, 3.05) is 26.8 Å². The van der Waals surface area contributed by atoms with Crippen molar-refractivity contribution >= 4 is 5.97 Å². The molecule has 16 heavy (non-hydrogen) atoms. The SMILES string of the molecule is CC(C(=O)O)C(C)N(C)CC1CCCOC1. The minimum atomic E-state index is -0.723. The second kappa shape index (κ2) is 6.21. The van der Waals surface area contributed by atoms with Gasteiger partial charge < -0.3 is 14.7 Å². The molecule has 1 N–H and O–H groups in total. The van der Waals surface area contributed by atoms with E-state index in [0.717, 1.165) is 26.2 Å². The summed E-state index contributed by atoms with van der Waals surface area (Å²) in [6, 6.07) is 0.0689. The van der Waals surface area contributed by atoms with Gasteiger partial charge in [-0.3, -0.25) is 4.79 Å². The van der Waals surface area contributed by atoms with Crippen molar-refractivity contribution < 1.29 is 14.6 Å². The molecular weight excluding hydrogens is 206 g/mol. The molecule has 3 atom stereocenters. The highest BCUT2D eigenvalue weighted by molar-refractivity contribution is 5.70. The van der Waals surface area contributed by atoms with Gasteiger partial charge in [-0.2, -0.15) is 0 Å². The van der Waals surface area contributed by atoms with Crippen molar-refractivity contribution in [3.8, 4) is 0 Å². The lowest BCUT2D eigenvalue weighted by atomic mass is 9.98. The fourth-order valence-electron chi connectivity index (χ4n) is 2.11. The molecule has 0 aromatic carbocycles. The lowest BCUT2D eigenvalue weighted by Gasteiger charge is -2.32. The van der Waals surface area contributed by atoms with Gasteiger partial charge in [0.15, 0.2) is 0 Å². The van der Waals surface area contributed by atoms with Gasteiger partial charge >= 0.3 is 5.97 Å². The average molecular weight is 229 g/mol. The maximum atomic E-state index is 10.9. The number of hydrogen-bond donors (Lipinski definition) is 1. The number of ether oxygens (including phenoxy) is 1. The Bertz CT molecular complexity index is 226. The van der Waals surface area contributed by atoms with Crippen molar-refractivity contribution in [3.05, 3.63) is 0 Å². The first-order valence-electron chi connectivity index (χ1n) is 6.03. The molecule has 3 unspecified atom stereocenters. The van der Waals surface area contributed by atoms with E-state index in [1.165, 1.54) is 6.42 Å². The van der Waals surface area contributed by atoms with E-state index in [-0.39, 0.29) is 12.0 Å². The van der Waals surface area contributed by atoms with Crippen molar-refractivity contribution in [2.24, 2.45) is 11.8 Å². The van der Waals surface area contributed by atoms with Crippen molar-refractivity contribution in [2.45, 2.75) is 32.7 Å². The Morgan fingerprint density at radius 3 is 2.75 bits per heavy atom. The van der Waals surface area contributed by atoms with Crippen molar-refractivity contribution in [3.63, 3.8) is 0 Å². The summed E-state index contributed by atoms with van der Waals surface area (Å²) < 4.78 is 5.43. The number of carbonyl (C=O) groups is 1. The van der Waals surface area contributed by atoms with E-state index in [1.54, 1.807) is 6.92 Å². The quantitative estimate of drug-likeness (QED) is 0.775. The first kappa shape index (κ1) is 13.5. The number of carboxylic acids is 1. The number of nitrogens with zero attached hydrogens (tertiary/aromatic N) is 1. The molecule has 1 aliphatic heterocycles. The Labute approximate surface area is 97.6 Å². The first-order chi connectivity index (χ1) is 7.52. The molecule has 0 aliphatic carbocycles. The predicted octanol–water partition coefficient (Wildman–Crippen LogP) is 1.45. The highest BCUT2D eigenvalue weighted by Gasteiger charge is 2.25. The van der Waals surface area contributed by atoms with Crippen LogP contribution in [0.4, 0.5) is 0 Å². The van der Waals surface area contributed by atoms with Gasteiger partial charge in [-0.15, -0.1) is 0 Å². The molecule has 0 saturated carbocycles. The van der Waals surface area contributed by atoms with E-state index in [0.29, 0.717) is 5.92 Å². The Kier molecular flexibility index (Phi) is 5.22.